The molecule has 0 bridgehead atoms. The van der Waals surface area contributed by atoms with Crippen LogP contribution in [0, 0.1) is 13.8 Å². The summed E-state index contributed by atoms with van der Waals surface area (Å²) >= 11 is 0. The minimum absolute atomic E-state index is 0.0783. The number of carbonyl (C=O) groups excluding carboxylic acids is 2. The van der Waals surface area contributed by atoms with Gasteiger partial charge in [0.25, 0.3) is 5.91 Å². The van der Waals surface area contributed by atoms with Gasteiger partial charge in [-0.05, 0) is 73.9 Å². The lowest BCUT2D eigenvalue weighted by Crippen LogP contribution is -2.26. The summed E-state index contributed by atoms with van der Waals surface area (Å²) in [6.45, 7) is 6.10. The summed E-state index contributed by atoms with van der Waals surface area (Å²) in [6, 6.07) is 22.8. The highest BCUT2D eigenvalue weighted by Gasteiger charge is 2.11. The van der Waals surface area contributed by atoms with Gasteiger partial charge in [-0.15, -0.1) is 0 Å². The van der Waals surface area contributed by atoms with Crippen LogP contribution in [0.25, 0.3) is 0 Å². The van der Waals surface area contributed by atoms with Gasteiger partial charge in [0.1, 0.15) is 0 Å². The first kappa shape index (κ1) is 21.1. The Hall–Kier alpha value is -3.60. The zero-order valence-corrected chi connectivity index (χ0v) is 17.5. The van der Waals surface area contributed by atoms with E-state index >= 15 is 0 Å². The molecule has 0 aliphatic rings. The highest BCUT2D eigenvalue weighted by molar-refractivity contribution is 5.95. The van der Waals surface area contributed by atoms with Gasteiger partial charge < -0.3 is 16.0 Å². The third kappa shape index (κ3) is 5.95. The van der Waals surface area contributed by atoms with Crippen LogP contribution in [-0.4, -0.2) is 18.4 Å². The van der Waals surface area contributed by atoms with Gasteiger partial charge in [0, 0.05) is 16.9 Å². The molecule has 0 spiro atoms. The molecule has 0 saturated heterocycles. The molecular formula is C25H27N3O2. The van der Waals surface area contributed by atoms with Crippen molar-refractivity contribution in [3.8, 4) is 0 Å². The molecule has 1 unspecified atom stereocenters. The normalized spacial score (nSPS) is 11.4. The van der Waals surface area contributed by atoms with E-state index in [1.165, 1.54) is 0 Å². The third-order valence-electron chi connectivity index (χ3n) is 4.75. The Balaban J connectivity index is 1.51. The Labute approximate surface area is 177 Å². The maximum Gasteiger partial charge on any atom is 0.251 e. The molecule has 0 radical (unpaired) electrons. The summed E-state index contributed by atoms with van der Waals surface area (Å²) in [4.78, 5) is 24.7. The van der Waals surface area contributed by atoms with Crippen LogP contribution in [0.4, 0.5) is 11.4 Å². The first-order chi connectivity index (χ1) is 14.4. The Morgan fingerprint density at radius 3 is 2.10 bits per heavy atom. The second kappa shape index (κ2) is 9.74. The number of amides is 2. The summed E-state index contributed by atoms with van der Waals surface area (Å²) in [6.07, 6.45) is 0. The summed E-state index contributed by atoms with van der Waals surface area (Å²) in [5.41, 5.74) is 5.40. The summed E-state index contributed by atoms with van der Waals surface area (Å²) in [5.74, 6) is -0.260. The summed E-state index contributed by atoms with van der Waals surface area (Å²) in [7, 11) is 0. The summed E-state index contributed by atoms with van der Waals surface area (Å²) in [5, 5.41) is 8.97. The van der Waals surface area contributed by atoms with Gasteiger partial charge in [-0.2, -0.15) is 0 Å². The molecule has 0 aromatic heterocycles. The first-order valence-corrected chi connectivity index (χ1v) is 9.98. The predicted molar refractivity (Wildman–Crippen MR) is 122 cm³/mol. The smallest absolute Gasteiger partial charge is 0.251 e. The van der Waals surface area contributed by atoms with Crippen LogP contribution in [0.3, 0.4) is 0 Å². The van der Waals surface area contributed by atoms with E-state index in [-0.39, 0.29) is 24.4 Å². The molecule has 5 heteroatoms. The molecule has 3 N–H and O–H groups in total. The van der Waals surface area contributed by atoms with E-state index in [0.29, 0.717) is 5.56 Å². The average molecular weight is 402 g/mol. The molecule has 0 aliphatic carbocycles. The average Bonchev–Trinajstić information content (AvgIpc) is 2.72. The first-order valence-electron chi connectivity index (χ1n) is 9.98. The van der Waals surface area contributed by atoms with Crippen LogP contribution < -0.4 is 16.0 Å². The fraction of sp³-hybridized carbons (Fsp3) is 0.200. The quantitative estimate of drug-likeness (QED) is 0.530. The molecule has 0 heterocycles. The van der Waals surface area contributed by atoms with E-state index in [2.05, 4.69) is 22.0 Å². The lowest BCUT2D eigenvalue weighted by Gasteiger charge is -2.14. The Morgan fingerprint density at radius 1 is 0.833 bits per heavy atom. The lowest BCUT2D eigenvalue weighted by molar-refractivity contribution is -0.114. The van der Waals surface area contributed by atoms with Crippen LogP contribution in [0.1, 0.15) is 40.0 Å². The molecular weight excluding hydrogens is 374 g/mol. The molecule has 2 amide bonds. The molecule has 154 valence electrons. The van der Waals surface area contributed by atoms with Gasteiger partial charge in [-0.3, -0.25) is 9.59 Å². The van der Waals surface area contributed by atoms with E-state index in [1.54, 1.807) is 24.3 Å². The van der Waals surface area contributed by atoms with Crippen molar-refractivity contribution in [2.75, 3.05) is 17.2 Å². The Bertz CT molecular complexity index is 994. The monoisotopic (exact) mass is 401 g/mol. The number of aryl methyl sites for hydroxylation is 2. The molecule has 0 fully saturated rings. The van der Waals surface area contributed by atoms with Crippen LogP contribution in [-0.2, 0) is 4.79 Å². The van der Waals surface area contributed by atoms with Gasteiger partial charge in [-0.1, -0.05) is 36.4 Å². The molecule has 5 nitrogen and oxygen atoms in total. The van der Waals surface area contributed by atoms with Gasteiger partial charge >= 0.3 is 0 Å². The van der Waals surface area contributed by atoms with Crippen molar-refractivity contribution in [1.29, 1.82) is 0 Å². The minimum Gasteiger partial charge on any atom is -0.376 e. The second-order valence-corrected chi connectivity index (χ2v) is 7.46. The number of hydrogen-bond acceptors (Lipinski definition) is 3. The number of rotatable bonds is 7. The zero-order chi connectivity index (χ0) is 21.5. The molecule has 0 saturated carbocycles. The molecule has 30 heavy (non-hydrogen) atoms. The van der Waals surface area contributed by atoms with Crippen LogP contribution in [0.15, 0.2) is 72.8 Å². The minimum atomic E-state index is -0.134. The second-order valence-electron chi connectivity index (χ2n) is 7.46. The topological polar surface area (TPSA) is 70.2 Å². The standard InChI is InChI=1S/C25H27N3O2/c1-17-13-18(2)15-23(14-17)28-24(29)16-26-22-11-9-21(10-12-22)25(30)27-19(3)20-7-5-4-6-8-20/h4-15,19,26H,16H2,1-3H3,(H,27,30)(H,28,29). The number of nitrogens with one attached hydrogen (secondary N) is 3. The fourth-order valence-corrected chi connectivity index (χ4v) is 3.28. The maximum absolute atomic E-state index is 12.5. The van der Waals surface area contributed by atoms with E-state index in [9.17, 15) is 9.59 Å². The van der Waals surface area contributed by atoms with Crippen molar-refractivity contribution in [3.63, 3.8) is 0 Å². The SMILES string of the molecule is Cc1cc(C)cc(NC(=O)CNc2ccc(C(=O)NC(C)c3ccccc3)cc2)c1. The van der Waals surface area contributed by atoms with E-state index in [0.717, 1.165) is 28.1 Å². The van der Waals surface area contributed by atoms with Crippen LogP contribution >= 0.6 is 0 Å². The number of hydrogen-bond donors (Lipinski definition) is 3. The predicted octanol–water partition coefficient (Wildman–Crippen LogP) is 4.85. The molecule has 3 aromatic rings. The molecule has 3 aromatic carbocycles. The van der Waals surface area contributed by atoms with E-state index in [1.807, 2.05) is 63.2 Å². The van der Waals surface area contributed by atoms with E-state index < -0.39 is 0 Å². The van der Waals surface area contributed by atoms with Crippen molar-refractivity contribution >= 4 is 23.2 Å². The Kier molecular flexibility index (Phi) is 6.86. The fourth-order valence-electron chi connectivity index (χ4n) is 3.28. The van der Waals surface area contributed by atoms with Gasteiger partial charge in [0.05, 0.1) is 12.6 Å². The summed E-state index contributed by atoms with van der Waals surface area (Å²) < 4.78 is 0. The number of benzene rings is 3. The van der Waals surface area contributed by atoms with Crippen molar-refractivity contribution < 1.29 is 9.59 Å². The van der Waals surface area contributed by atoms with Crippen molar-refractivity contribution in [2.45, 2.75) is 26.8 Å². The lowest BCUT2D eigenvalue weighted by atomic mass is 10.1. The van der Waals surface area contributed by atoms with Crippen LogP contribution in [0.2, 0.25) is 0 Å². The van der Waals surface area contributed by atoms with Crippen molar-refractivity contribution in [1.82, 2.24) is 5.32 Å². The van der Waals surface area contributed by atoms with Crippen molar-refractivity contribution in [2.24, 2.45) is 0 Å². The van der Waals surface area contributed by atoms with E-state index in [4.69, 9.17) is 0 Å². The molecule has 3 rings (SSSR count). The van der Waals surface area contributed by atoms with Gasteiger partial charge in [0.2, 0.25) is 5.91 Å². The maximum atomic E-state index is 12.5. The number of anilines is 2. The zero-order valence-electron chi connectivity index (χ0n) is 17.5. The van der Waals surface area contributed by atoms with Crippen LogP contribution in [0.5, 0.6) is 0 Å². The van der Waals surface area contributed by atoms with Gasteiger partial charge in [0.15, 0.2) is 0 Å². The third-order valence-corrected chi connectivity index (χ3v) is 4.75. The Morgan fingerprint density at radius 2 is 1.47 bits per heavy atom. The highest BCUT2D eigenvalue weighted by atomic mass is 16.2. The molecule has 1 atom stereocenters. The number of carbonyl (C=O) groups is 2. The molecule has 0 aliphatic heterocycles. The van der Waals surface area contributed by atoms with Crippen molar-refractivity contribution in [3.05, 3.63) is 95.1 Å². The van der Waals surface area contributed by atoms with Gasteiger partial charge in [-0.25, -0.2) is 0 Å². The largest absolute Gasteiger partial charge is 0.376 e. The highest BCUT2D eigenvalue weighted by Crippen LogP contribution is 2.15.